The first-order valence-corrected chi connectivity index (χ1v) is 12.7. The van der Waals surface area contributed by atoms with E-state index in [4.69, 9.17) is 4.74 Å². The summed E-state index contributed by atoms with van der Waals surface area (Å²) >= 11 is 0. The van der Waals surface area contributed by atoms with Gasteiger partial charge in [-0.3, -0.25) is 9.59 Å². The van der Waals surface area contributed by atoms with Gasteiger partial charge in [0.25, 0.3) is 11.8 Å². The summed E-state index contributed by atoms with van der Waals surface area (Å²) in [5.41, 5.74) is 4.08. The summed E-state index contributed by atoms with van der Waals surface area (Å²) in [6.07, 6.45) is 0.888. The van der Waals surface area contributed by atoms with E-state index < -0.39 is 6.10 Å². The number of carbonyl (C=O) groups excluding carboxylic acids is 2. The van der Waals surface area contributed by atoms with Crippen LogP contribution in [0.2, 0.25) is 0 Å². The largest absolute Gasteiger partial charge is 0.480 e. The van der Waals surface area contributed by atoms with Crippen molar-refractivity contribution in [2.45, 2.75) is 71.8 Å². The van der Waals surface area contributed by atoms with Crippen LogP contribution in [0.15, 0.2) is 72.8 Å². The van der Waals surface area contributed by atoms with Crippen molar-refractivity contribution in [3.63, 3.8) is 0 Å². The Kier molecular flexibility index (Phi) is 8.92. The molecule has 3 rings (SSSR count). The van der Waals surface area contributed by atoms with Crippen molar-refractivity contribution in [3.05, 3.63) is 89.5 Å². The highest BCUT2D eigenvalue weighted by Crippen LogP contribution is 2.30. The summed E-state index contributed by atoms with van der Waals surface area (Å²) in [6.45, 7) is 12.6. The maximum atomic E-state index is 13.0. The van der Waals surface area contributed by atoms with Crippen LogP contribution in [0.25, 0.3) is 0 Å². The molecule has 0 radical (unpaired) electrons. The zero-order valence-corrected chi connectivity index (χ0v) is 22.2. The predicted molar refractivity (Wildman–Crippen MR) is 148 cm³/mol. The summed E-state index contributed by atoms with van der Waals surface area (Å²) < 4.78 is 6.16. The average Bonchev–Trinajstić information content (AvgIpc) is 2.86. The number of hydrogen-bond acceptors (Lipinski definition) is 3. The van der Waals surface area contributed by atoms with Gasteiger partial charge in [0.05, 0.1) is 0 Å². The fourth-order valence-corrected chi connectivity index (χ4v) is 3.91. The fraction of sp³-hybridized carbons (Fsp3) is 0.355. The number of amides is 2. The van der Waals surface area contributed by atoms with Crippen molar-refractivity contribution in [2.24, 2.45) is 0 Å². The third kappa shape index (κ3) is 6.97. The van der Waals surface area contributed by atoms with Crippen molar-refractivity contribution in [2.75, 3.05) is 10.6 Å². The van der Waals surface area contributed by atoms with Crippen LogP contribution in [0.1, 0.15) is 81.8 Å². The molecule has 0 bridgehead atoms. The Morgan fingerprint density at radius 1 is 0.833 bits per heavy atom. The smallest absolute Gasteiger partial charge is 0.265 e. The molecule has 0 aliphatic carbocycles. The molecule has 2 unspecified atom stereocenters. The van der Waals surface area contributed by atoms with E-state index in [-0.39, 0.29) is 17.2 Å². The molecule has 3 aromatic rings. The van der Waals surface area contributed by atoms with E-state index in [1.165, 1.54) is 5.56 Å². The molecule has 0 saturated carbocycles. The summed E-state index contributed by atoms with van der Waals surface area (Å²) in [6, 6.07) is 22.7. The second kappa shape index (κ2) is 11.9. The number of benzene rings is 3. The van der Waals surface area contributed by atoms with Gasteiger partial charge in [-0.05, 0) is 71.7 Å². The maximum absolute atomic E-state index is 13.0. The highest BCUT2D eigenvalue weighted by Gasteiger charge is 2.21. The van der Waals surface area contributed by atoms with Gasteiger partial charge in [0.15, 0.2) is 6.10 Å². The molecule has 5 heteroatoms. The second-order valence-electron chi connectivity index (χ2n) is 10.2. The van der Waals surface area contributed by atoms with Crippen LogP contribution in [-0.2, 0) is 10.2 Å². The minimum Gasteiger partial charge on any atom is -0.480 e. The van der Waals surface area contributed by atoms with Gasteiger partial charge >= 0.3 is 0 Å². The SMILES string of the molecule is CCC(Oc1ccccc1C(C)CC)C(=O)Nc1cccc(NC(=O)c2ccc(C(C)(C)C)cc2)c1. The summed E-state index contributed by atoms with van der Waals surface area (Å²) in [4.78, 5) is 25.8. The highest BCUT2D eigenvalue weighted by atomic mass is 16.5. The van der Waals surface area contributed by atoms with Gasteiger partial charge in [-0.1, -0.05) is 77.9 Å². The minimum absolute atomic E-state index is 0.0257. The molecule has 36 heavy (non-hydrogen) atoms. The monoisotopic (exact) mass is 486 g/mol. The van der Waals surface area contributed by atoms with Crippen LogP contribution in [0.3, 0.4) is 0 Å². The van der Waals surface area contributed by atoms with E-state index in [2.05, 4.69) is 51.3 Å². The van der Waals surface area contributed by atoms with Crippen molar-refractivity contribution in [1.29, 1.82) is 0 Å². The number of para-hydroxylation sites is 1. The van der Waals surface area contributed by atoms with Gasteiger partial charge in [0, 0.05) is 16.9 Å². The molecule has 2 N–H and O–H groups in total. The van der Waals surface area contributed by atoms with E-state index in [9.17, 15) is 9.59 Å². The summed E-state index contributed by atoms with van der Waals surface area (Å²) in [5, 5.41) is 5.86. The lowest BCUT2D eigenvalue weighted by atomic mass is 9.87. The first kappa shape index (κ1) is 27.0. The Morgan fingerprint density at radius 3 is 2.08 bits per heavy atom. The molecular formula is C31H38N2O3. The summed E-state index contributed by atoms with van der Waals surface area (Å²) in [7, 11) is 0. The molecule has 0 aliphatic rings. The standard InChI is InChI=1S/C31H38N2O3/c1-7-21(3)26-14-9-10-15-28(26)36-27(8-2)30(35)33-25-13-11-12-24(20-25)32-29(34)22-16-18-23(19-17-22)31(4,5)6/h9-21,27H,7-8H2,1-6H3,(H,32,34)(H,33,35). The van der Waals surface area contributed by atoms with E-state index in [1.807, 2.05) is 49.4 Å². The topological polar surface area (TPSA) is 67.4 Å². The van der Waals surface area contributed by atoms with Gasteiger partial charge in [-0.15, -0.1) is 0 Å². The second-order valence-corrected chi connectivity index (χ2v) is 10.2. The molecule has 0 aromatic heterocycles. The van der Waals surface area contributed by atoms with E-state index >= 15 is 0 Å². The molecule has 0 fully saturated rings. The fourth-order valence-electron chi connectivity index (χ4n) is 3.91. The van der Waals surface area contributed by atoms with Gasteiger partial charge in [-0.25, -0.2) is 0 Å². The number of ether oxygens (including phenoxy) is 1. The molecule has 0 spiro atoms. The summed E-state index contributed by atoms with van der Waals surface area (Å²) in [5.74, 6) is 0.659. The van der Waals surface area contributed by atoms with Crippen LogP contribution in [0.5, 0.6) is 5.75 Å². The molecule has 190 valence electrons. The Hall–Kier alpha value is -3.60. The van der Waals surface area contributed by atoms with Crippen LogP contribution in [0, 0.1) is 0 Å². The van der Waals surface area contributed by atoms with Crippen molar-refractivity contribution in [3.8, 4) is 5.75 Å². The van der Waals surface area contributed by atoms with Crippen molar-refractivity contribution < 1.29 is 14.3 Å². The number of anilines is 2. The quantitative estimate of drug-likeness (QED) is 0.328. The number of nitrogens with one attached hydrogen (secondary N) is 2. The number of hydrogen-bond donors (Lipinski definition) is 2. The highest BCUT2D eigenvalue weighted by molar-refractivity contribution is 6.04. The molecule has 0 heterocycles. The normalized spacial score (nSPS) is 12.9. The number of rotatable bonds is 9. The van der Waals surface area contributed by atoms with Crippen LogP contribution >= 0.6 is 0 Å². The Bertz CT molecular complexity index is 1180. The zero-order valence-electron chi connectivity index (χ0n) is 22.2. The molecule has 2 amide bonds. The number of carbonyl (C=O) groups is 2. The minimum atomic E-state index is -0.630. The average molecular weight is 487 g/mol. The van der Waals surface area contributed by atoms with E-state index in [1.54, 1.807) is 24.3 Å². The Morgan fingerprint density at radius 2 is 1.47 bits per heavy atom. The van der Waals surface area contributed by atoms with Crippen molar-refractivity contribution in [1.82, 2.24) is 0 Å². The van der Waals surface area contributed by atoms with E-state index in [0.717, 1.165) is 17.7 Å². The van der Waals surface area contributed by atoms with Gasteiger partial charge in [0.1, 0.15) is 5.75 Å². The third-order valence-electron chi connectivity index (χ3n) is 6.40. The molecule has 0 aliphatic heterocycles. The third-order valence-corrected chi connectivity index (χ3v) is 6.40. The Balaban J connectivity index is 1.67. The predicted octanol–water partition coefficient (Wildman–Crippen LogP) is 7.55. The molecule has 3 aromatic carbocycles. The Labute approximate surface area is 215 Å². The van der Waals surface area contributed by atoms with Crippen LogP contribution in [0.4, 0.5) is 11.4 Å². The molecular weight excluding hydrogens is 448 g/mol. The molecule has 0 saturated heterocycles. The maximum Gasteiger partial charge on any atom is 0.265 e. The first-order valence-electron chi connectivity index (χ1n) is 12.7. The van der Waals surface area contributed by atoms with Crippen molar-refractivity contribution >= 4 is 23.2 Å². The lowest BCUT2D eigenvalue weighted by Crippen LogP contribution is -2.32. The van der Waals surface area contributed by atoms with Gasteiger partial charge in [-0.2, -0.15) is 0 Å². The lowest BCUT2D eigenvalue weighted by Gasteiger charge is -2.21. The van der Waals surface area contributed by atoms with Gasteiger partial charge < -0.3 is 15.4 Å². The first-order chi connectivity index (χ1) is 17.1. The zero-order chi connectivity index (χ0) is 26.3. The van der Waals surface area contributed by atoms with E-state index in [0.29, 0.717) is 29.3 Å². The molecule has 5 nitrogen and oxygen atoms in total. The van der Waals surface area contributed by atoms with Gasteiger partial charge in [0.2, 0.25) is 0 Å². The van der Waals surface area contributed by atoms with Crippen LogP contribution in [-0.4, -0.2) is 17.9 Å². The molecule has 2 atom stereocenters. The lowest BCUT2D eigenvalue weighted by molar-refractivity contribution is -0.122. The van der Waals surface area contributed by atoms with Crippen LogP contribution < -0.4 is 15.4 Å².